The van der Waals surface area contributed by atoms with E-state index in [4.69, 9.17) is 9.26 Å². The number of benzene rings is 1. The first-order valence-electron chi connectivity index (χ1n) is 9.27. The molecule has 0 N–H and O–H groups in total. The molecule has 0 spiro atoms. The highest BCUT2D eigenvalue weighted by Crippen LogP contribution is 2.19. The highest BCUT2D eigenvalue weighted by molar-refractivity contribution is 7.99. The number of aromatic nitrogens is 1. The molecule has 1 aromatic carbocycles. The second-order valence-corrected chi connectivity index (χ2v) is 7.65. The fraction of sp³-hybridized carbons (Fsp3) is 0.450. The smallest absolute Gasteiger partial charge is 0.316 e. The second-order valence-electron chi connectivity index (χ2n) is 6.66. The molecule has 0 unspecified atom stereocenters. The van der Waals surface area contributed by atoms with Crippen LogP contribution in [-0.4, -0.2) is 60.5 Å². The third kappa shape index (κ3) is 5.28. The van der Waals surface area contributed by atoms with E-state index in [-0.39, 0.29) is 24.2 Å². The Bertz CT molecular complexity index is 782. The first-order valence-corrected chi connectivity index (χ1v) is 10.4. The number of anilines is 1. The van der Waals surface area contributed by atoms with E-state index < -0.39 is 0 Å². The Kier molecular flexibility index (Phi) is 6.97. The zero-order valence-electron chi connectivity index (χ0n) is 16.2. The molecule has 1 saturated heterocycles. The summed E-state index contributed by atoms with van der Waals surface area (Å²) in [6, 6.07) is 10.1. The predicted molar refractivity (Wildman–Crippen MR) is 108 cm³/mol. The third-order valence-electron chi connectivity index (χ3n) is 4.76. The zero-order chi connectivity index (χ0) is 19.9. The number of rotatable bonds is 7. The summed E-state index contributed by atoms with van der Waals surface area (Å²) in [7, 11) is 0. The molecule has 1 amide bonds. The van der Waals surface area contributed by atoms with Crippen LogP contribution in [0.2, 0.25) is 0 Å². The molecule has 2 aromatic rings. The molecule has 1 aliphatic heterocycles. The zero-order valence-corrected chi connectivity index (χ0v) is 17.0. The van der Waals surface area contributed by atoms with Crippen molar-refractivity contribution in [2.75, 3.05) is 43.4 Å². The number of nitrogens with zero attached hydrogens (tertiary/aromatic N) is 3. The highest BCUT2D eigenvalue weighted by atomic mass is 32.2. The third-order valence-corrected chi connectivity index (χ3v) is 5.69. The van der Waals surface area contributed by atoms with Gasteiger partial charge in [0.05, 0.1) is 11.4 Å². The van der Waals surface area contributed by atoms with Gasteiger partial charge in [-0.1, -0.05) is 23.4 Å². The van der Waals surface area contributed by atoms with Gasteiger partial charge in [-0.15, -0.1) is 11.8 Å². The van der Waals surface area contributed by atoms with Crippen molar-refractivity contribution in [2.24, 2.45) is 0 Å². The van der Waals surface area contributed by atoms with E-state index in [1.54, 1.807) is 4.90 Å². The summed E-state index contributed by atoms with van der Waals surface area (Å²) in [5, 5.41) is 3.89. The molecular formula is C20H25N3O4S. The minimum Gasteiger partial charge on any atom is -0.455 e. The number of carbonyl (C=O) groups is 2. The molecule has 1 fully saturated rings. The van der Waals surface area contributed by atoms with Gasteiger partial charge in [0, 0.05) is 43.2 Å². The molecule has 3 rings (SSSR count). The monoisotopic (exact) mass is 403 g/mol. The Balaban J connectivity index is 1.34. The van der Waals surface area contributed by atoms with Crippen molar-refractivity contribution in [3.8, 4) is 0 Å². The normalized spacial score (nSPS) is 14.2. The van der Waals surface area contributed by atoms with E-state index >= 15 is 0 Å². The summed E-state index contributed by atoms with van der Waals surface area (Å²) in [5.74, 6) is 1.07. The Labute approximate surface area is 169 Å². The Morgan fingerprint density at radius 2 is 1.86 bits per heavy atom. The van der Waals surface area contributed by atoms with Gasteiger partial charge in [-0.2, -0.15) is 0 Å². The standard InChI is InChI=1S/C20H25N3O4S/c1-15-18(16(2)27-21-15)13-28-14-20(25)26-12-19(24)23-10-8-22(9-11-23)17-6-4-3-5-7-17/h3-7H,8-14H2,1-2H3. The van der Waals surface area contributed by atoms with Gasteiger partial charge in [0.2, 0.25) is 0 Å². The van der Waals surface area contributed by atoms with E-state index in [9.17, 15) is 9.59 Å². The van der Waals surface area contributed by atoms with Gasteiger partial charge in [-0.3, -0.25) is 9.59 Å². The molecule has 28 heavy (non-hydrogen) atoms. The number of ether oxygens (including phenoxy) is 1. The number of amides is 1. The van der Waals surface area contributed by atoms with Crippen LogP contribution < -0.4 is 4.90 Å². The number of para-hydroxylation sites is 1. The number of hydrogen-bond acceptors (Lipinski definition) is 7. The maximum atomic E-state index is 12.3. The average Bonchev–Trinajstić information content (AvgIpc) is 3.05. The Morgan fingerprint density at radius 3 is 2.50 bits per heavy atom. The summed E-state index contributed by atoms with van der Waals surface area (Å²) in [5.41, 5.74) is 3.00. The SMILES string of the molecule is Cc1noc(C)c1CSCC(=O)OCC(=O)N1CCN(c2ccccc2)CC1. The van der Waals surface area contributed by atoms with Gasteiger partial charge >= 0.3 is 5.97 Å². The number of hydrogen-bond donors (Lipinski definition) is 0. The maximum Gasteiger partial charge on any atom is 0.316 e. The largest absolute Gasteiger partial charge is 0.455 e. The van der Waals surface area contributed by atoms with Crippen molar-refractivity contribution in [1.82, 2.24) is 10.1 Å². The van der Waals surface area contributed by atoms with Crippen LogP contribution in [0, 0.1) is 13.8 Å². The van der Waals surface area contributed by atoms with Gasteiger partial charge in [0.15, 0.2) is 6.61 Å². The van der Waals surface area contributed by atoms with Crippen LogP contribution in [0.15, 0.2) is 34.9 Å². The topological polar surface area (TPSA) is 75.9 Å². The first-order chi connectivity index (χ1) is 13.5. The fourth-order valence-electron chi connectivity index (χ4n) is 3.07. The van der Waals surface area contributed by atoms with Crippen molar-refractivity contribution < 1.29 is 18.8 Å². The van der Waals surface area contributed by atoms with Crippen LogP contribution in [0.3, 0.4) is 0 Å². The fourth-order valence-corrected chi connectivity index (χ4v) is 4.04. The highest BCUT2D eigenvalue weighted by Gasteiger charge is 2.22. The van der Waals surface area contributed by atoms with Gasteiger partial charge in [-0.25, -0.2) is 0 Å². The first kappa shape index (κ1) is 20.3. The Morgan fingerprint density at radius 1 is 1.14 bits per heavy atom. The maximum absolute atomic E-state index is 12.3. The lowest BCUT2D eigenvalue weighted by atomic mass is 10.2. The molecule has 150 valence electrons. The summed E-state index contributed by atoms with van der Waals surface area (Å²) in [6.07, 6.45) is 0. The van der Waals surface area contributed by atoms with Crippen molar-refractivity contribution in [2.45, 2.75) is 19.6 Å². The van der Waals surface area contributed by atoms with Crippen LogP contribution >= 0.6 is 11.8 Å². The van der Waals surface area contributed by atoms with Gasteiger partial charge < -0.3 is 19.1 Å². The van der Waals surface area contributed by atoms with E-state index in [0.29, 0.717) is 18.8 Å². The van der Waals surface area contributed by atoms with Gasteiger partial charge in [0.1, 0.15) is 5.76 Å². The second kappa shape index (κ2) is 9.64. The summed E-state index contributed by atoms with van der Waals surface area (Å²) in [6.45, 7) is 6.34. The van der Waals surface area contributed by atoms with Crippen molar-refractivity contribution in [3.63, 3.8) is 0 Å². The minimum absolute atomic E-state index is 0.142. The van der Waals surface area contributed by atoms with Crippen LogP contribution in [-0.2, 0) is 20.1 Å². The molecule has 8 heteroatoms. The van der Waals surface area contributed by atoms with E-state index in [2.05, 4.69) is 22.2 Å². The quantitative estimate of drug-likeness (QED) is 0.657. The number of piperazine rings is 1. The van der Waals surface area contributed by atoms with E-state index in [1.165, 1.54) is 11.8 Å². The Hall–Kier alpha value is -2.48. The van der Waals surface area contributed by atoms with Gasteiger partial charge in [0.25, 0.3) is 5.91 Å². The van der Waals surface area contributed by atoms with Crippen LogP contribution in [0.5, 0.6) is 0 Å². The molecule has 1 aromatic heterocycles. The number of aryl methyl sites for hydroxylation is 2. The predicted octanol–water partition coefficient (Wildman–Crippen LogP) is 2.42. The number of thioether (sulfide) groups is 1. The minimum atomic E-state index is -0.381. The van der Waals surface area contributed by atoms with Crippen LogP contribution in [0.1, 0.15) is 17.0 Å². The van der Waals surface area contributed by atoms with Crippen molar-refractivity contribution in [3.05, 3.63) is 47.3 Å². The van der Waals surface area contributed by atoms with Crippen LogP contribution in [0.25, 0.3) is 0 Å². The van der Waals surface area contributed by atoms with Crippen molar-refractivity contribution in [1.29, 1.82) is 0 Å². The summed E-state index contributed by atoms with van der Waals surface area (Å²) >= 11 is 1.43. The van der Waals surface area contributed by atoms with Crippen molar-refractivity contribution >= 4 is 29.3 Å². The number of carbonyl (C=O) groups excluding carboxylic acids is 2. The summed E-state index contributed by atoms with van der Waals surface area (Å²) in [4.78, 5) is 28.2. The molecule has 0 saturated carbocycles. The average molecular weight is 404 g/mol. The van der Waals surface area contributed by atoms with E-state index in [0.717, 1.165) is 35.8 Å². The lowest BCUT2D eigenvalue weighted by molar-refractivity contribution is -0.150. The van der Waals surface area contributed by atoms with Crippen LogP contribution in [0.4, 0.5) is 5.69 Å². The molecule has 0 atom stereocenters. The van der Waals surface area contributed by atoms with E-state index in [1.807, 2.05) is 32.0 Å². The molecule has 1 aliphatic rings. The summed E-state index contributed by atoms with van der Waals surface area (Å²) < 4.78 is 10.2. The molecular weight excluding hydrogens is 378 g/mol. The molecule has 0 aliphatic carbocycles. The molecule has 2 heterocycles. The molecule has 7 nitrogen and oxygen atoms in total. The van der Waals surface area contributed by atoms with Gasteiger partial charge in [-0.05, 0) is 26.0 Å². The lowest BCUT2D eigenvalue weighted by Crippen LogP contribution is -2.49. The lowest BCUT2D eigenvalue weighted by Gasteiger charge is -2.36. The number of esters is 1. The molecule has 0 radical (unpaired) electrons. The molecule has 0 bridgehead atoms.